The van der Waals surface area contributed by atoms with E-state index in [-0.39, 0.29) is 24.5 Å². The molecule has 6 nitrogen and oxygen atoms in total. The minimum Gasteiger partial charge on any atom is -0.482 e. The van der Waals surface area contributed by atoms with Crippen molar-refractivity contribution in [2.75, 3.05) is 6.61 Å². The molecule has 27 heavy (non-hydrogen) atoms. The summed E-state index contributed by atoms with van der Waals surface area (Å²) >= 11 is 1.52. The van der Waals surface area contributed by atoms with Crippen LogP contribution >= 0.6 is 11.3 Å². The number of nitrogens with zero attached hydrogens (tertiary/aromatic N) is 2. The van der Waals surface area contributed by atoms with Crippen molar-refractivity contribution < 1.29 is 18.7 Å². The summed E-state index contributed by atoms with van der Waals surface area (Å²) in [5, 5.41) is 0. The van der Waals surface area contributed by atoms with E-state index in [1.165, 1.54) is 40.5 Å². The summed E-state index contributed by atoms with van der Waals surface area (Å²) in [6, 6.07) is 6.90. The molecule has 0 aliphatic heterocycles. The van der Waals surface area contributed by atoms with Crippen LogP contribution in [0.4, 0.5) is 4.39 Å². The Kier molecular flexibility index (Phi) is 4.89. The van der Waals surface area contributed by atoms with Crippen molar-refractivity contribution in [3.8, 4) is 5.75 Å². The van der Waals surface area contributed by atoms with Crippen LogP contribution in [0.3, 0.4) is 0 Å². The maximum absolute atomic E-state index is 13.1. The number of ether oxygens (including phenoxy) is 2. The number of halogens is 1. The third kappa shape index (κ3) is 3.85. The summed E-state index contributed by atoms with van der Waals surface area (Å²) < 4.78 is 25.1. The Morgan fingerprint density at radius 1 is 1.26 bits per heavy atom. The van der Waals surface area contributed by atoms with E-state index in [0.717, 1.165) is 31.4 Å². The highest BCUT2D eigenvalue weighted by atomic mass is 32.1. The molecular formula is C19H17FN2O4S. The molecular weight excluding hydrogens is 371 g/mol. The van der Waals surface area contributed by atoms with Crippen LogP contribution in [0.2, 0.25) is 0 Å². The van der Waals surface area contributed by atoms with Gasteiger partial charge in [-0.25, -0.2) is 14.2 Å². The fraction of sp³-hybridized carbons (Fsp3) is 0.316. The average Bonchev–Trinajstić information content (AvgIpc) is 3.03. The zero-order valence-corrected chi connectivity index (χ0v) is 15.3. The maximum Gasteiger partial charge on any atom is 0.344 e. The van der Waals surface area contributed by atoms with Gasteiger partial charge in [-0.2, -0.15) is 0 Å². The molecule has 0 saturated heterocycles. The van der Waals surface area contributed by atoms with Gasteiger partial charge in [-0.05, 0) is 37.8 Å². The summed E-state index contributed by atoms with van der Waals surface area (Å²) in [6.45, 7) is -0.461. The van der Waals surface area contributed by atoms with Gasteiger partial charge in [0.15, 0.2) is 11.6 Å². The normalized spacial score (nSPS) is 13.4. The van der Waals surface area contributed by atoms with Gasteiger partial charge in [-0.3, -0.25) is 9.20 Å². The lowest BCUT2D eigenvalue weighted by Gasteiger charge is -2.10. The van der Waals surface area contributed by atoms with Crippen LogP contribution in [-0.4, -0.2) is 22.0 Å². The Bertz CT molecular complexity index is 1060. The highest BCUT2D eigenvalue weighted by Gasteiger charge is 2.18. The Morgan fingerprint density at radius 3 is 2.96 bits per heavy atom. The second kappa shape index (κ2) is 7.48. The quantitative estimate of drug-likeness (QED) is 0.629. The van der Waals surface area contributed by atoms with Gasteiger partial charge in [-0.1, -0.05) is 6.07 Å². The largest absolute Gasteiger partial charge is 0.482 e. The lowest BCUT2D eigenvalue weighted by Crippen LogP contribution is -2.19. The zero-order valence-electron chi connectivity index (χ0n) is 14.4. The van der Waals surface area contributed by atoms with Gasteiger partial charge in [0.2, 0.25) is 0 Å². The first kappa shape index (κ1) is 17.7. The first-order valence-corrected chi connectivity index (χ1v) is 9.49. The number of fused-ring (bicyclic) bond motifs is 3. The Morgan fingerprint density at radius 2 is 2.11 bits per heavy atom. The van der Waals surface area contributed by atoms with Gasteiger partial charge in [-0.15, -0.1) is 11.3 Å². The third-order valence-electron chi connectivity index (χ3n) is 4.35. The van der Waals surface area contributed by atoms with Crippen molar-refractivity contribution in [3.63, 3.8) is 0 Å². The van der Waals surface area contributed by atoms with Gasteiger partial charge in [0.1, 0.15) is 18.2 Å². The Balaban J connectivity index is 1.41. The van der Waals surface area contributed by atoms with Crippen LogP contribution < -0.4 is 10.3 Å². The highest BCUT2D eigenvalue weighted by Crippen LogP contribution is 2.28. The molecule has 1 aliphatic carbocycles. The molecule has 1 aliphatic rings. The van der Waals surface area contributed by atoms with Crippen LogP contribution in [0.15, 0.2) is 35.1 Å². The predicted octanol–water partition coefficient (Wildman–Crippen LogP) is 2.90. The van der Waals surface area contributed by atoms with E-state index < -0.39 is 11.8 Å². The molecule has 0 radical (unpaired) electrons. The standard InChI is InChI=1S/C19H17FN2O4S/c20-12-4-3-5-14(8-12)25-11-18(24)26-10-13-9-17(23)22-15-6-1-2-7-16(15)27-19(22)21-13/h3-5,8-9H,1-2,6-7,10-11H2. The second-order valence-electron chi connectivity index (χ2n) is 6.29. The summed E-state index contributed by atoms with van der Waals surface area (Å²) in [6.07, 6.45) is 4.08. The van der Waals surface area contributed by atoms with E-state index in [1.807, 2.05) is 0 Å². The van der Waals surface area contributed by atoms with Crippen molar-refractivity contribution in [1.29, 1.82) is 0 Å². The van der Waals surface area contributed by atoms with Gasteiger partial charge < -0.3 is 9.47 Å². The fourth-order valence-corrected chi connectivity index (χ4v) is 4.34. The van der Waals surface area contributed by atoms with Crippen LogP contribution in [0, 0.1) is 5.82 Å². The van der Waals surface area contributed by atoms with Crippen molar-refractivity contribution in [3.05, 3.63) is 62.8 Å². The minimum absolute atomic E-state index is 0.111. The van der Waals surface area contributed by atoms with Gasteiger partial charge in [0.05, 0.1) is 5.69 Å². The molecule has 2 aromatic heterocycles. The smallest absolute Gasteiger partial charge is 0.344 e. The van der Waals surface area contributed by atoms with Gasteiger partial charge in [0, 0.05) is 22.7 Å². The van der Waals surface area contributed by atoms with Gasteiger partial charge in [0.25, 0.3) is 5.56 Å². The number of hydrogen-bond acceptors (Lipinski definition) is 6. The number of aryl methyl sites for hydroxylation is 2. The van der Waals surface area contributed by atoms with E-state index in [2.05, 4.69) is 4.98 Å². The van der Waals surface area contributed by atoms with Crippen LogP contribution in [0.1, 0.15) is 29.1 Å². The molecule has 0 atom stereocenters. The molecule has 0 unspecified atom stereocenters. The van der Waals surface area contributed by atoms with Gasteiger partial charge >= 0.3 is 5.97 Å². The molecule has 0 bridgehead atoms. The number of hydrogen-bond donors (Lipinski definition) is 0. The first-order valence-electron chi connectivity index (χ1n) is 8.67. The Hall–Kier alpha value is -2.74. The van der Waals surface area contributed by atoms with E-state index in [1.54, 1.807) is 10.5 Å². The number of esters is 1. The topological polar surface area (TPSA) is 69.9 Å². The monoisotopic (exact) mass is 388 g/mol. The molecule has 2 heterocycles. The first-order chi connectivity index (χ1) is 13.1. The number of carbonyl (C=O) groups excluding carboxylic acids is 1. The number of thiazole rings is 1. The van der Waals surface area contributed by atoms with E-state index in [0.29, 0.717) is 10.7 Å². The lowest BCUT2D eigenvalue weighted by atomic mass is 10.0. The van der Waals surface area contributed by atoms with E-state index in [9.17, 15) is 14.0 Å². The van der Waals surface area contributed by atoms with Crippen molar-refractivity contribution in [1.82, 2.24) is 9.38 Å². The van der Waals surface area contributed by atoms with Crippen molar-refractivity contribution >= 4 is 22.3 Å². The predicted molar refractivity (Wildman–Crippen MR) is 97.7 cm³/mol. The molecule has 0 N–H and O–H groups in total. The molecule has 0 saturated carbocycles. The SMILES string of the molecule is O=C(COc1cccc(F)c1)OCc1cc(=O)n2c3c(sc2n1)CCCC3. The van der Waals surface area contributed by atoms with Crippen molar-refractivity contribution in [2.24, 2.45) is 0 Å². The molecule has 3 aromatic rings. The summed E-state index contributed by atoms with van der Waals surface area (Å²) in [5.74, 6) is -0.821. The second-order valence-corrected chi connectivity index (χ2v) is 7.35. The molecule has 8 heteroatoms. The van der Waals surface area contributed by atoms with Crippen LogP contribution in [0.5, 0.6) is 5.75 Å². The molecule has 0 amide bonds. The highest BCUT2D eigenvalue weighted by molar-refractivity contribution is 7.17. The zero-order chi connectivity index (χ0) is 18.8. The number of aromatic nitrogens is 2. The van der Waals surface area contributed by atoms with E-state index >= 15 is 0 Å². The number of benzene rings is 1. The van der Waals surface area contributed by atoms with Crippen LogP contribution in [0.25, 0.3) is 4.96 Å². The Labute approximate surface area is 158 Å². The fourth-order valence-electron chi connectivity index (χ4n) is 3.11. The summed E-state index contributed by atoms with van der Waals surface area (Å²) in [5.41, 5.74) is 1.31. The lowest BCUT2D eigenvalue weighted by molar-refractivity contribution is -0.147. The molecule has 1 aromatic carbocycles. The van der Waals surface area contributed by atoms with E-state index in [4.69, 9.17) is 9.47 Å². The number of rotatable bonds is 5. The summed E-state index contributed by atoms with van der Waals surface area (Å²) in [7, 11) is 0. The summed E-state index contributed by atoms with van der Waals surface area (Å²) in [4.78, 5) is 30.6. The third-order valence-corrected chi connectivity index (χ3v) is 5.49. The maximum atomic E-state index is 13.1. The van der Waals surface area contributed by atoms with Crippen LogP contribution in [-0.2, 0) is 29.0 Å². The van der Waals surface area contributed by atoms with Crippen molar-refractivity contribution in [2.45, 2.75) is 32.3 Å². The molecule has 4 rings (SSSR count). The molecule has 0 spiro atoms. The molecule has 0 fully saturated rings. The molecule has 140 valence electrons. The number of carbonyl (C=O) groups is 1. The minimum atomic E-state index is -0.619. The average molecular weight is 388 g/mol.